The van der Waals surface area contributed by atoms with E-state index in [1.54, 1.807) is 6.92 Å². The van der Waals surface area contributed by atoms with Gasteiger partial charge in [0.05, 0.1) is 33.0 Å². The second kappa shape index (κ2) is 11.9. The number of phosphoric ester groups is 3. The molecule has 0 aliphatic carbocycles. The molecule has 3 unspecified atom stereocenters. The number of hydrogen-bond donors (Lipinski definition) is 5. The second-order valence-electron chi connectivity index (χ2n) is 4.51. The third-order valence-electron chi connectivity index (χ3n) is 2.50. The summed E-state index contributed by atoms with van der Waals surface area (Å²) in [5, 5.41) is 8.92. The van der Waals surface area contributed by atoms with Gasteiger partial charge in [-0.3, -0.25) is 22.6 Å². The predicted octanol–water partition coefficient (Wildman–Crippen LogP) is 0.381. The van der Waals surface area contributed by atoms with E-state index in [1.165, 1.54) is 0 Å². The van der Waals surface area contributed by atoms with Crippen LogP contribution in [0.5, 0.6) is 0 Å². The summed E-state index contributed by atoms with van der Waals surface area (Å²) in [5.74, 6) is -0.332. The quantitative estimate of drug-likeness (QED) is 0.176. The molecule has 5 N–H and O–H groups in total. The number of rotatable bonds is 15. The minimum atomic E-state index is -4.71. The Bertz CT molecular complexity index is 501. The lowest BCUT2D eigenvalue weighted by atomic mass is 10.1. The Morgan fingerprint density at radius 1 is 0.760 bits per heavy atom. The highest BCUT2D eigenvalue weighted by molar-refractivity contribution is 7.47. The molecule has 0 aliphatic heterocycles. The molecule has 0 aromatic carbocycles. The van der Waals surface area contributed by atoms with Crippen LogP contribution in [0.15, 0.2) is 0 Å². The van der Waals surface area contributed by atoms with Crippen molar-refractivity contribution in [2.75, 3.05) is 39.6 Å². The molecule has 0 aromatic heterocycles. The minimum Gasteiger partial charge on any atom is -0.396 e. The predicted molar refractivity (Wildman–Crippen MR) is 82.3 cm³/mol. The van der Waals surface area contributed by atoms with Crippen LogP contribution in [0.4, 0.5) is 0 Å². The molecular formula is C9H23O13P3. The van der Waals surface area contributed by atoms with Crippen molar-refractivity contribution in [1.29, 1.82) is 0 Å². The molecule has 0 bridgehead atoms. The Kier molecular flexibility index (Phi) is 12.0. The van der Waals surface area contributed by atoms with Gasteiger partial charge in [0.2, 0.25) is 0 Å². The summed E-state index contributed by atoms with van der Waals surface area (Å²) in [5.41, 5.74) is 0. The van der Waals surface area contributed by atoms with Crippen LogP contribution in [0.3, 0.4) is 0 Å². The van der Waals surface area contributed by atoms with Crippen LogP contribution in [-0.2, 0) is 36.3 Å². The molecule has 0 saturated carbocycles. The van der Waals surface area contributed by atoms with E-state index >= 15 is 0 Å². The van der Waals surface area contributed by atoms with Crippen molar-refractivity contribution in [2.24, 2.45) is 5.92 Å². The maximum atomic E-state index is 11.5. The Morgan fingerprint density at radius 2 is 1.16 bits per heavy atom. The Balaban J connectivity index is 3.98. The molecule has 152 valence electrons. The molecule has 25 heavy (non-hydrogen) atoms. The van der Waals surface area contributed by atoms with Crippen molar-refractivity contribution in [3.05, 3.63) is 0 Å². The Labute approximate surface area is 144 Å². The molecule has 0 fully saturated rings. The van der Waals surface area contributed by atoms with Gasteiger partial charge in [-0.15, -0.1) is 0 Å². The van der Waals surface area contributed by atoms with Crippen molar-refractivity contribution in [2.45, 2.75) is 13.3 Å². The van der Waals surface area contributed by atoms with Gasteiger partial charge in [0.25, 0.3) is 0 Å². The van der Waals surface area contributed by atoms with E-state index in [4.69, 9.17) is 14.9 Å². The van der Waals surface area contributed by atoms with Crippen molar-refractivity contribution in [3.8, 4) is 0 Å². The molecule has 0 aliphatic rings. The molecule has 3 atom stereocenters. The largest absolute Gasteiger partial charge is 0.472 e. The van der Waals surface area contributed by atoms with E-state index in [0.717, 1.165) is 0 Å². The van der Waals surface area contributed by atoms with Crippen LogP contribution < -0.4 is 0 Å². The van der Waals surface area contributed by atoms with E-state index in [9.17, 15) is 23.5 Å². The van der Waals surface area contributed by atoms with Crippen molar-refractivity contribution in [1.82, 2.24) is 0 Å². The third-order valence-corrected chi connectivity index (χ3v) is 5.02. The third kappa shape index (κ3) is 15.1. The normalized spacial score (nSPS) is 18.5. The van der Waals surface area contributed by atoms with Gasteiger partial charge in [0.1, 0.15) is 0 Å². The summed E-state index contributed by atoms with van der Waals surface area (Å²) < 4.78 is 55.1. The van der Waals surface area contributed by atoms with Gasteiger partial charge in [0.15, 0.2) is 0 Å². The molecule has 0 saturated heterocycles. The Morgan fingerprint density at radius 3 is 1.52 bits per heavy atom. The van der Waals surface area contributed by atoms with Crippen LogP contribution >= 0.6 is 23.5 Å². The fourth-order valence-electron chi connectivity index (χ4n) is 1.19. The molecule has 0 spiro atoms. The van der Waals surface area contributed by atoms with E-state index in [-0.39, 0.29) is 19.1 Å². The summed E-state index contributed by atoms with van der Waals surface area (Å²) >= 11 is 0. The molecule has 0 amide bonds. The zero-order valence-corrected chi connectivity index (χ0v) is 16.1. The van der Waals surface area contributed by atoms with Gasteiger partial charge >= 0.3 is 23.5 Å². The van der Waals surface area contributed by atoms with Crippen molar-refractivity contribution < 1.29 is 61.0 Å². The van der Waals surface area contributed by atoms with Gasteiger partial charge in [-0.2, -0.15) is 0 Å². The first-order valence-electron chi connectivity index (χ1n) is 6.95. The summed E-state index contributed by atoms with van der Waals surface area (Å²) in [6, 6.07) is 0. The standard InChI is InChI=1S/C9H23O13P3/c1-2-9(7-10)8-22-25(16,17)21-6-5-20-24(14,15)19-4-3-18-23(11,12)13/h9-10H,2-8H2,1H3,(H,14,15)(H,16,17)(H2,11,12,13). The van der Waals surface area contributed by atoms with E-state index in [0.29, 0.717) is 6.42 Å². The monoisotopic (exact) mass is 432 g/mol. The molecule has 16 heteroatoms. The van der Waals surface area contributed by atoms with E-state index < -0.39 is 49.9 Å². The summed E-state index contributed by atoms with van der Waals surface area (Å²) in [6.07, 6.45) is 0.524. The molecule has 13 nitrogen and oxygen atoms in total. The minimum absolute atomic E-state index is 0.206. The fourth-order valence-corrected chi connectivity index (χ4v) is 2.96. The first-order valence-corrected chi connectivity index (χ1v) is 11.5. The molecule has 0 aromatic rings. The summed E-state index contributed by atoms with van der Waals surface area (Å²) in [7, 11) is -13.7. The fraction of sp³-hybridized carbons (Fsp3) is 1.00. The van der Waals surface area contributed by atoms with Crippen LogP contribution in [0.1, 0.15) is 13.3 Å². The highest BCUT2D eigenvalue weighted by Crippen LogP contribution is 2.46. The lowest BCUT2D eigenvalue weighted by Gasteiger charge is -2.16. The lowest BCUT2D eigenvalue weighted by Crippen LogP contribution is -2.13. The van der Waals surface area contributed by atoms with Crippen LogP contribution in [0.2, 0.25) is 0 Å². The van der Waals surface area contributed by atoms with Crippen molar-refractivity contribution in [3.63, 3.8) is 0 Å². The zero-order chi connectivity index (χ0) is 19.6. The maximum absolute atomic E-state index is 11.5. The van der Waals surface area contributed by atoms with Gasteiger partial charge in [-0.05, 0) is 6.42 Å². The number of aliphatic hydroxyl groups is 1. The van der Waals surface area contributed by atoms with Crippen molar-refractivity contribution >= 4 is 23.5 Å². The van der Waals surface area contributed by atoms with Gasteiger partial charge in [-0.25, -0.2) is 13.7 Å². The summed E-state index contributed by atoms with van der Waals surface area (Å²) in [6.45, 7) is -1.14. The summed E-state index contributed by atoms with van der Waals surface area (Å²) in [4.78, 5) is 35.4. The van der Waals surface area contributed by atoms with Crippen LogP contribution in [0, 0.1) is 5.92 Å². The number of phosphoric acid groups is 3. The first-order chi connectivity index (χ1) is 11.4. The van der Waals surface area contributed by atoms with Gasteiger partial charge in [0, 0.05) is 12.5 Å². The van der Waals surface area contributed by atoms with E-state index in [1.807, 2.05) is 0 Å². The van der Waals surface area contributed by atoms with E-state index in [2.05, 4.69) is 22.6 Å². The SMILES string of the molecule is CCC(CO)COP(=O)(O)OCCOP(=O)(O)OCCOP(=O)(O)O. The van der Waals surface area contributed by atoms with Gasteiger partial charge < -0.3 is 24.7 Å². The highest BCUT2D eigenvalue weighted by atomic mass is 31.2. The second-order valence-corrected chi connectivity index (χ2v) is 8.66. The highest BCUT2D eigenvalue weighted by Gasteiger charge is 2.25. The van der Waals surface area contributed by atoms with Crippen LogP contribution in [0.25, 0.3) is 0 Å². The van der Waals surface area contributed by atoms with Gasteiger partial charge in [-0.1, -0.05) is 6.92 Å². The average molecular weight is 432 g/mol. The Hall–Kier alpha value is 0.290. The molecular weight excluding hydrogens is 409 g/mol. The molecule has 0 radical (unpaired) electrons. The topological polar surface area (TPSA) is 199 Å². The molecule has 0 rings (SSSR count). The number of aliphatic hydroxyl groups excluding tert-OH is 1. The smallest absolute Gasteiger partial charge is 0.396 e. The zero-order valence-electron chi connectivity index (χ0n) is 13.4. The number of hydrogen-bond acceptors (Lipinski definition) is 9. The first kappa shape index (κ1) is 25.3. The average Bonchev–Trinajstić information content (AvgIpc) is 2.48. The maximum Gasteiger partial charge on any atom is 0.472 e. The molecule has 0 heterocycles. The lowest BCUT2D eigenvalue weighted by molar-refractivity contribution is 0.0813. The van der Waals surface area contributed by atoms with Crippen LogP contribution in [-0.4, -0.2) is 64.3 Å².